The Morgan fingerprint density at radius 2 is 1.95 bits per heavy atom. The van der Waals surface area contributed by atoms with E-state index in [1.807, 2.05) is 6.07 Å². The van der Waals surface area contributed by atoms with Crippen LogP contribution in [-0.4, -0.2) is 20.4 Å². The molecule has 0 fully saturated rings. The molecule has 0 aliphatic rings. The van der Waals surface area contributed by atoms with Crippen molar-refractivity contribution < 1.29 is 4.79 Å². The van der Waals surface area contributed by atoms with Crippen molar-refractivity contribution in [1.82, 2.24) is 14.5 Å². The van der Waals surface area contributed by atoms with Crippen LogP contribution < -0.4 is 10.9 Å². The summed E-state index contributed by atoms with van der Waals surface area (Å²) in [6.07, 6.45) is 4.74. The summed E-state index contributed by atoms with van der Waals surface area (Å²) in [4.78, 5) is 32.6. The number of pyridine rings is 3. The van der Waals surface area contributed by atoms with Crippen molar-refractivity contribution in [2.45, 2.75) is 0 Å². The van der Waals surface area contributed by atoms with Gasteiger partial charge in [0.25, 0.3) is 11.5 Å². The maximum atomic E-state index is 12.3. The quantitative estimate of drug-likeness (QED) is 0.773. The summed E-state index contributed by atoms with van der Waals surface area (Å²) >= 11 is 0. The van der Waals surface area contributed by atoms with E-state index in [0.29, 0.717) is 11.3 Å². The van der Waals surface area contributed by atoms with Gasteiger partial charge in [0.15, 0.2) is 0 Å². The van der Waals surface area contributed by atoms with Gasteiger partial charge in [0.1, 0.15) is 11.2 Å². The van der Waals surface area contributed by atoms with Gasteiger partial charge in [-0.2, -0.15) is 0 Å². The molecule has 1 amide bonds. The van der Waals surface area contributed by atoms with Gasteiger partial charge in [-0.05, 0) is 30.3 Å². The topological polar surface area (TPSA) is 76.9 Å². The van der Waals surface area contributed by atoms with Gasteiger partial charge in [0.05, 0.1) is 0 Å². The zero-order valence-electron chi connectivity index (χ0n) is 11.3. The number of aryl methyl sites for hydroxylation is 1. The zero-order chi connectivity index (χ0) is 14.8. The number of hydrogen-bond acceptors (Lipinski definition) is 4. The number of hydrogen-bond donors (Lipinski definition) is 1. The Labute approximate surface area is 120 Å². The Hall–Kier alpha value is -3.02. The number of carbonyl (C=O) groups is 1. The Balaban J connectivity index is 2.06. The lowest BCUT2D eigenvalue weighted by molar-refractivity contribution is 0.102. The van der Waals surface area contributed by atoms with Gasteiger partial charge in [-0.25, -0.2) is 4.98 Å². The lowest BCUT2D eigenvalue weighted by Gasteiger charge is -2.08. The van der Waals surface area contributed by atoms with Crippen LogP contribution in [0.3, 0.4) is 0 Å². The number of fused-ring (bicyclic) bond motifs is 1. The van der Waals surface area contributed by atoms with Crippen LogP contribution in [0.4, 0.5) is 5.69 Å². The van der Waals surface area contributed by atoms with E-state index in [1.54, 1.807) is 49.9 Å². The van der Waals surface area contributed by atoms with Gasteiger partial charge in [-0.3, -0.25) is 19.1 Å². The summed E-state index contributed by atoms with van der Waals surface area (Å²) in [7, 11) is 1.60. The number of aromatic nitrogens is 3. The summed E-state index contributed by atoms with van der Waals surface area (Å²) in [5, 5.41) is 3.41. The van der Waals surface area contributed by atoms with Crippen molar-refractivity contribution in [3.8, 4) is 0 Å². The van der Waals surface area contributed by atoms with E-state index in [2.05, 4.69) is 15.3 Å². The van der Waals surface area contributed by atoms with Gasteiger partial charge in [0.2, 0.25) is 0 Å². The lowest BCUT2D eigenvalue weighted by Crippen LogP contribution is -2.28. The maximum Gasteiger partial charge on any atom is 0.264 e. The average molecular weight is 280 g/mol. The predicted octanol–water partition coefficient (Wildman–Crippen LogP) is 1.58. The smallest absolute Gasteiger partial charge is 0.264 e. The highest BCUT2D eigenvalue weighted by Crippen LogP contribution is 2.11. The minimum Gasteiger partial charge on any atom is -0.322 e. The van der Waals surface area contributed by atoms with Gasteiger partial charge < -0.3 is 5.32 Å². The largest absolute Gasteiger partial charge is 0.322 e. The van der Waals surface area contributed by atoms with Crippen LogP contribution in [-0.2, 0) is 7.05 Å². The van der Waals surface area contributed by atoms with E-state index in [1.165, 1.54) is 4.57 Å². The fraction of sp³-hybridized carbons (Fsp3) is 0.0667. The first-order chi connectivity index (χ1) is 10.2. The lowest BCUT2D eigenvalue weighted by atomic mass is 10.2. The highest BCUT2D eigenvalue weighted by atomic mass is 16.2. The zero-order valence-corrected chi connectivity index (χ0v) is 11.3. The van der Waals surface area contributed by atoms with Gasteiger partial charge >= 0.3 is 0 Å². The van der Waals surface area contributed by atoms with Crippen molar-refractivity contribution >= 4 is 22.6 Å². The minimum atomic E-state index is -0.451. The highest BCUT2D eigenvalue weighted by molar-refractivity contribution is 6.05. The van der Waals surface area contributed by atoms with Crippen molar-refractivity contribution in [2.75, 3.05) is 5.32 Å². The van der Waals surface area contributed by atoms with E-state index in [9.17, 15) is 9.59 Å². The van der Waals surface area contributed by atoms with Crippen LogP contribution in [0.25, 0.3) is 11.0 Å². The highest BCUT2D eigenvalue weighted by Gasteiger charge is 2.14. The third kappa shape index (κ3) is 2.38. The second kappa shape index (κ2) is 5.16. The summed E-state index contributed by atoms with van der Waals surface area (Å²) in [5.74, 6) is -0.451. The second-order valence-corrected chi connectivity index (χ2v) is 4.53. The number of rotatable bonds is 2. The molecule has 1 N–H and O–H groups in total. The Kier molecular flexibility index (Phi) is 3.19. The standard InChI is InChI=1S/C15H12N4O2/c1-19-13-10(3-2-6-17-13)9-12(15(19)21)14(20)18-11-4-7-16-8-5-11/h2-9H,1H3,(H,16,18,20). The molecule has 0 saturated heterocycles. The molecule has 6 heteroatoms. The van der Waals surface area contributed by atoms with E-state index in [4.69, 9.17) is 0 Å². The molecule has 3 heterocycles. The van der Waals surface area contributed by atoms with Crippen LogP contribution in [0.15, 0.2) is 53.7 Å². The molecule has 0 aliphatic heterocycles. The summed E-state index contributed by atoms with van der Waals surface area (Å²) in [6.45, 7) is 0. The third-order valence-electron chi connectivity index (χ3n) is 3.15. The molecule has 0 unspecified atom stereocenters. The minimum absolute atomic E-state index is 0.0785. The number of carbonyl (C=O) groups excluding carboxylic acids is 1. The molecule has 3 rings (SSSR count). The molecular formula is C15H12N4O2. The fourth-order valence-electron chi connectivity index (χ4n) is 2.09. The Bertz CT molecular complexity index is 872. The average Bonchev–Trinajstić information content (AvgIpc) is 2.52. The maximum absolute atomic E-state index is 12.3. The summed E-state index contributed by atoms with van der Waals surface area (Å²) < 4.78 is 1.37. The summed E-state index contributed by atoms with van der Waals surface area (Å²) in [6, 6.07) is 8.44. The number of anilines is 1. The molecule has 0 saturated carbocycles. The van der Waals surface area contributed by atoms with Crippen molar-refractivity contribution in [3.05, 3.63) is 64.8 Å². The molecule has 3 aromatic heterocycles. The monoisotopic (exact) mass is 280 g/mol. The Morgan fingerprint density at radius 1 is 1.19 bits per heavy atom. The van der Waals surface area contributed by atoms with Crippen molar-refractivity contribution in [2.24, 2.45) is 7.05 Å². The molecule has 6 nitrogen and oxygen atoms in total. The van der Waals surface area contributed by atoms with E-state index >= 15 is 0 Å². The van der Waals surface area contributed by atoms with Crippen molar-refractivity contribution in [3.63, 3.8) is 0 Å². The first-order valence-corrected chi connectivity index (χ1v) is 6.33. The van der Waals surface area contributed by atoms with Gasteiger partial charge in [-0.1, -0.05) is 0 Å². The molecule has 0 radical (unpaired) electrons. The van der Waals surface area contributed by atoms with Crippen LogP contribution in [0.1, 0.15) is 10.4 Å². The molecule has 3 aromatic rings. The van der Waals surface area contributed by atoms with E-state index in [0.717, 1.165) is 5.39 Å². The van der Waals surface area contributed by atoms with Crippen molar-refractivity contribution in [1.29, 1.82) is 0 Å². The fourth-order valence-corrected chi connectivity index (χ4v) is 2.09. The summed E-state index contributed by atoms with van der Waals surface area (Å²) in [5.41, 5.74) is 0.828. The number of amides is 1. The SMILES string of the molecule is Cn1c(=O)c(C(=O)Nc2ccncc2)cc2cccnc21. The Morgan fingerprint density at radius 3 is 2.71 bits per heavy atom. The van der Waals surface area contributed by atoms with E-state index in [-0.39, 0.29) is 11.1 Å². The molecular weight excluding hydrogens is 268 g/mol. The normalized spacial score (nSPS) is 10.5. The molecule has 0 spiro atoms. The number of nitrogens with zero attached hydrogens (tertiary/aromatic N) is 3. The predicted molar refractivity (Wildman–Crippen MR) is 79.2 cm³/mol. The third-order valence-corrected chi connectivity index (χ3v) is 3.15. The van der Waals surface area contributed by atoms with Crippen LogP contribution in [0.2, 0.25) is 0 Å². The molecule has 104 valence electrons. The molecule has 0 aromatic carbocycles. The van der Waals surface area contributed by atoms with Gasteiger partial charge in [0, 0.05) is 36.7 Å². The first kappa shape index (κ1) is 13.0. The van der Waals surface area contributed by atoms with E-state index < -0.39 is 5.91 Å². The molecule has 0 atom stereocenters. The molecule has 0 bridgehead atoms. The second-order valence-electron chi connectivity index (χ2n) is 4.53. The van der Waals surface area contributed by atoms with Crippen LogP contribution in [0.5, 0.6) is 0 Å². The molecule has 21 heavy (non-hydrogen) atoms. The number of nitrogens with one attached hydrogen (secondary N) is 1. The van der Waals surface area contributed by atoms with Crippen LogP contribution >= 0.6 is 0 Å². The van der Waals surface area contributed by atoms with Crippen LogP contribution in [0, 0.1) is 0 Å². The first-order valence-electron chi connectivity index (χ1n) is 6.33. The molecule has 0 aliphatic carbocycles. The van der Waals surface area contributed by atoms with Gasteiger partial charge in [-0.15, -0.1) is 0 Å².